The lowest BCUT2D eigenvalue weighted by atomic mass is 9.96. The number of carbonyl (C=O) groups is 4. The molecule has 224 valence electrons. The molecular weight excluding hydrogens is 526 g/mol. The first-order chi connectivity index (χ1) is 19.2. The molecule has 0 spiro atoms. The van der Waals surface area contributed by atoms with E-state index in [1.807, 2.05) is 19.1 Å². The van der Waals surface area contributed by atoms with Crippen molar-refractivity contribution in [1.29, 1.82) is 0 Å². The summed E-state index contributed by atoms with van der Waals surface area (Å²) >= 11 is 0. The molecule has 0 aliphatic heterocycles. The molecule has 3 amide bonds. The minimum Gasteiger partial charge on any atom is -0.508 e. The summed E-state index contributed by atoms with van der Waals surface area (Å²) in [4.78, 5) is 54.2. The van der Waals surface area contributed by atoms with Gasteiger partial charge in [0.15, 0.2) is 0 Å². The van der Waals surface area contributed by atoms with Crippen LogP contribution in [0.25, 0.3) is 0 Å². The highest BCUT2D eigenvalue weighted by Crippen LogP contribution is 2.28. The lowest BCUT2D eigenvalue weighted by Gasteiger charge is -2.37. The maximum Gasteiger partial charge on any atom is 0.408 e. The zero-order chi connectivity index (χ0) is 30.7. The number of benzene rings is 2. The van der Waals surface area contributed by atoms with Gasteiger partial charge in [0.1, 0.15) is 23.4 Å². The first-order valence-corrected chi connectivity index (χ1v) is 13.8. The maximum atomic E-state index is 14.3. The van der Waals surface area contributed by atoms with Gasteiger partial charge in [0, 0.05) is 19.0 Å². The Bertz CT molecular complexity index is 1190. The molecule has 10 nitrogen and oxygen atoms in total. The fourth-order valence-corrected chi connectivity index (χ4v) is 4.31. The Hall–Kier alpha value is -4.08. The summed E-state index contributed by atoms with van der Waals surface area (Å²) in [7, 11) is 0. The number of nitrogens with zero attached hydrogens (tertiary/aromatic N) is 1. The fraction of sp³-hybridized carbons (Fsp3) is 0.484. The number of ether oxygens (including phenoxy) is 2. The highest BCUT2D eigenvalue weighted by Gasteiger charge is 2.38. The van der Waals surface area contributed by atoms with E-state index in [4.69, 9.17) is 9.47 Å². The van der Waals surface area contributed by atoms with Crippen molar-refractivity contribution in [2.75, 3.05) is 13.2 Å². The largest absolute Gasteiger partial charge is 0.508 e. The Morgan fingerprint density at radius 2 is 1.63 bits per heavy atom. The van der Waals surface area contributed by atoms with Crippen LogP contribution >= 0.6 is 0 Å². The second-order valence-corrected chi connectivity index (χ2v) is 11.0. The van der Waals surface area contributed by atoms with Crippen molar-refractivity contribution in [2.24, 2.45) is 0 Å². The minimum atomic E-state index is -1.09. The van der Waals surface area contributed by atoms with Gasteiger partial charge in [-0.2, -0.15) is 0 Å². The van der Waals surface area contributed by atoms with E-state index in [0.717, 1.165) is 5.56 Å². The second kappa shape index (κ2) is 15.1. The Balaban J connectivity index is 2.49. The van der Waals surface area contributed by atoms with Gasteiger partial charge in [-0.1, -0.05) is 36.4 Å². The van der Waals surface area contributed by atoms with Gasteiger partial charge in [0.2, 0.25) is 11.8 Å². The zero-order valence-corrected chi connectivity index (χ0v) is 25.0. The van der Waals surface area contributed by atoms with Gasteiger partial charge in [-0.15, -0.1) is 0 Å². The first-order valence-electron chi connectivity index (χ1n) is 13.8. The average molecular weight is 570 g/mol. The average Bonchev–Trinajstić information content (AvgIpc) is 2.87. The number of hydrogen-bond donors (Lipinski definition) is 3. The number of phenolic OH excluding ortho intramolecular Hbond substituents is 1. The van der Waals surface area contributed by atoms with E-state index in [9.17, 15) is 24.3 Å². The quantitative estimate of drug-likeness (QED) is 0.327. The predicted octanol–water partition coefficient (Wildman–Crippen LogP) is 4.18. The van der Waals surface area contributed by atoms with Gasteiger partial charge in [-0.25, -0.2) is 4.79 Å². The molecule has 2 atom stereocenters. The van der Waals surface area contributed by atoms with Gasteiger partial charge in [-0.3, -0.25) is 14.4 Å². The van der Waals surface area contributed by atoms with Gasteiger partial charge in [0.25, 0.3) is 0 Å². The number of rotatable bonds is 12. The number of aromatic hydroxyl groups is 1. The molecule has 0 saturated heterocycles. The molecule has 41 heavy (non-hydrogen) atoms. The summed E-state index contributed by atoms with van der Waals surface area (Å²) in [5, 5.41) is 15.2. The van der Waals surface area contributed by atoms with E-state index in [0.29, 0.717) is 11.1 Å². The number of alkyl carbamates (subject to hydrolysis) is 1. The molecule has 2 unspecified atom stereocenters. The molecule has 2 rings (SSSR count). The van der Waals surface area contributed by atoms with Crippen molar-refractivity contribution < 1.29 is 33.8 Å². The Morgan fingerprint density at radius 1 is 1.00 bits per heavy atom. The van der Waals surface area contributed by atoms with E-state index >= 15 is 0 Å². The van der Waals surface area contributed by atoms with Gasteiger partial charge in [-0.05, 0) is 77.3 Å². The molecule has 0 bridgehead atoms. The number of phenols is 1. The van der Waals surface area contributed by atoms with Crippen LogP contribution in [-0.2, 0) is 30.3 Å². The lowest BCUT2D eigenvalue weighted by molar-refractivity contribution is -0.145. The number of aryl methyl sites for hydroxylation is 1. The molecule has 0 fully saturated rings. The molecule has 10 heteroatoms. The van der Waals surface area contributed by atoms with Crippen LogP contribution in [0, 0.1) is 6.92 Å². The monoisotopic (exact) mass is 569 g/mol. The van der Waals surface area contributed by atoms with Gasteiger partial charge < -0.3 is 30.1 Å². The summed E-state index contributed by atoms with van der Waals surface area (Å²) in [6.45, 7) is 12.6. The van der Waals surface area contributed by atoms with E-state index in [2.05, 4.69) is 10.6 Å². The molecule has 2 aromatic rings. The molecule has 0 radical (unpaired) electrons. The predicted molar refractivity (Wildman–Crippen MR) is 155 cm³/mol. The highest BCUT2D eigenvalue weighted by atomic mass is 16.6. The molecular formula is C31H43N3O7. The zero-order valence-electron chi connectivity index (χ0n) is 25.0. The summed E-state index contributed by atoms with van der Waals surface area (Å²) in [5.74, 6) is -1.33. The normalized spacial score (nSPS) is 12.7. The smallest absolute Gasteiger partial charge is 0.408 e. The fourth-order valence-electron chi connectivity index (χ4n) is 4.31. The molecule has 0 aliphatic rings. The van der Waals surface area contributed by atoms with Crippen LogP contribution in [0.5, 0.6) is 5.75 Å². The molecule has 0 heterocycles. The van der Waals surface area contributed by atoms with E-state index in [1.54, 1.807) is 65.8 Å². The van der Waals surface area contributed by atoms with Gasteiger partial charge >= 0.3 is 12.1 Å². The molecule has 2 aromatic carbocycles. The molecule has 0 aromatic heterocycles. The van der Waals surface area contributed by atoms with Crippen LogP contribution in [0.3, 0.4) is 0 Å². The number of amides is 3. The SMILES string of the molecule is CCOC(=O)CCNC(=O)C(c1ccccc1C)N(C(=O)C(Cc1ccc(O)cc1)NC(=O)OC(C)(C)C)C(C)C. The van der Waals surface area contributed by atoms with E-state index in [-0.39, 0.29) is 31.7 Å². The molecule has 0 saturated carbocycles. The van der Waals surface area contributed by atoms with Crippen molar-refractivity contribution in [3.05, 3.63) is 65.2 Å². The summed E-state index contributed by atoms with van der Waals surface area (Å²) in [5.41, 5.74) is 1.30. The Morgan fingerprint density at radius 3 is 2.20 bits per heavy atom. The van der Waals surface area contributed by atoms with Gasteiger partial charge in [0.05, 0.1) is 13.0 Å². The van der Waals surface area contributed by atoms with Crippen LogP contribution in [0.4, 0.5) is 4.79 Å². The summed E-state index contributed by atoms with van der Waals surface area (Å²) in [6, 6.07) is 11.0. The van der Waals surface area contributed by atoms with Crippen LogP contribution in [0.2, 0.25) is 0 Å². The van der Waals surface area contributed by atoms with E-state index < -0.39 is 47.6 Å². The maximum absolute atomic E-state index is 14.3. The molecule has 3 N–H and O–H groups in total. The standard InChI is InChI=1S/C31H43N3O7/c1-8-40-26(36)17-18-32-28(37)27(24-12-10-9-11-21(24)4)34(20(2)3)29(38)25(33-30(39)41-31(5,6)7)19-22-13-15-23(35)16-14-22/h9-16,20,25,27,35H,8,17-19H2,1-7H3,(H,32,37)(H,33,39). The number of esters is 1. The number of nitrogens with one attached hydrogen (secondary N) is 2. The Kier molecular flexibility index (Phi) is 12.2. The van der Waals surface area contributed by atoms with Crippen molar-refractivity contribution in [3.63, 3.8) is 0 Å². The third kappa shape index (κ3) is 10.4. The van der Waals surface area contributed by atoms with Crippen molar-refractivity contribution in [1.82, 2.24) is 15.5 Å². The summed E-state index contributed by atoms with van der Waals surface area (Å²) < 4.78 is 10.4. The topological polar surface area (TPSA) is 134 Å². The van der Waals surface area contributed by atoms with Crippen LogP contribution in [0.15, 0.2) is 48.5 Å². The third-order valence-corrected chi connectivity index (χ3v) is 6.12. The molecule has 0 aliphatic carbocycles. The number of hydrogen-bond acceptors (Lipinski definition) is 7. The second-order valence-electron chi connectivity index (χ2n) is 11.0. The van der Waals surface area contributed by atoms with Crippen molar-refractivity contribution >= 4 is 23.9 Å². The first kappa shape index (κ1) is 33.1. The lowest BCUT2D eigenvalue weighted by Crippen LogP contribution is -2.56. The Labute approximate surface area is 242 Å². The van der Waals surface area contributed by atoms with E-state index in [1.165, 1.54) is 17.0 Å². The van der Waals surface area contributed by atoms with Crippen molar-refractivity contribution in [2.45, 2.75) is 85.0 Å². The van der Waals surface area contributed by atoms with Crippen molar-refractivity contribution in [3.8, 4) is 5.75 Å². The van der Waals surface area contributed by atoms with Crippen LogP contribution in [-0.4, -0.2) is 64.7 Å². The number of carbonyl (C=O) groups excluding carboxylic acids is 4. The third-order valence-electron chi connectivity index (χ3n) is 6.12. The minimum absolute atomic E-state index is 0.0145. The highest BCUT2D eigenvalue weighted by molar-refractivity contribution is 5.92. The summed E-state index contributed by atoms with van der Waals surface area (Å²) in [6.07, 6.45) is -0.698. The van der Waals surface area contributed by atoms with Crippen LogP contribution < -0.4 is 10.6 Å². The van der Waals surface area contributed by atoms with Crippen LogP contribution in [0.1, 0.15) is 70.7 Å².